The van der Waals surface area contributed by atoms with E-state index >= 15 is 0 Å². The van der Waals surface area contributed by atoms with Crippen LogP contribution < -0.4 is 29.5 Å². The molecule has 1 atom stereocenters. The van der Waals surface area contributed by atoms with Crippen molar-refractivity contribution in [2.45, 2.75) is 31.1 Å². The molecule has 4 rings (SSSR count). The summed E-state index contributed by atoms with van der Waals surface area (Å²) in [4.78, 5) is 27.2. The van der Waals surface area contributed by atoms with Gasteiger partial charge in [0.15, 0.2) is 0 Å². The number of rotatable bonds is 4. The van der Waals surface area contributed by atoms with Crippen LogP contribution in [0.2, 0.25) is 5.02 Å². The number of hydrogen-bond donors (Lipinski definition) is 3. The number of fused-ring (bicyclic) bond motifs is 1. The molecule has 2 heterocycles. The van der Waals surface area contributed by atoms with Crippen LogP contribution in [0, 0.1) is 0 Å². The Hall–Kier alpha value is -2.25. The first-order valence-electron chi connectivity index (χ1n) is 9.82. The average Bonchev–Trinajstić information content (AvgIpc) is 3.01. The predicted molar refractivity (Wildman–Crippen MR) is 118 cm³/mol. The molecular formula is C22H21ClIN3O5S. The minimum atomic E-state index is -4.05. The number of imide groups is 1. The Balaban J connectivity index is 1.72. The number of hydrogen-bond acceptors (Lipinski definition) is 5. The Labute approximate surface area is 207 Å². The first-order chi connectivity index (χ1) is 15.4. The van der Waals surface area contributed by atoms with Crippen molar-refractivity contribution in [1.29, 1.82) is 0 Å². The van der Waals surface area contributed by atoms with Crippen molar-refractivity contribution in [3.8, 4) is 0 Å². The molecular weight excluding hydrogens is 581 g/mol. The summed E-state index contributed by atoms with van der Waals surface area (Å²) in [5.74, 6) is -1.40. The molecule has 0 bridgehead atoms. The van der Waals surface area contributed by atoms with Crippen molar-refractivity contribution in [2.75, 3.05) is 4.72 Å². The number of amides is 2. The van der Waals surface area contributed by atoms with Crippen LogP contribution in [0.15, 0.2) is 63.3 Å². The van der Waals surface area contributed by atoms with Crippen LogP contribution in [-0.2, 0) is 15.4 Å². The van der Waals surface area contributed by atoms with Gasteiger partial charge in [-0.3, -0.25) is 0 Å². The van der Waals surface area contributed by atoms with Gasteiger partial charge < -0.3 is 0 Å². The molecule has 0 saturated heterocycles. The summed E-state index contributed by atoms with van der Waals surface area (Å²) in [6, 6.07) is 9.21. The second-order valence-electron chi connectivity index (χ2n) is 8.46. The van der Waals surface area contributed by atoms with Crippen molar-refractivity contribution in [3.63, 3.8) is 0 Å². The summed E-state index contributed by atoms with van der Waals surface area (Å²) in [5.41, 5.74) is 0.777. The number of hydroxylamine groups is 1. The van der Waals surface area contributed by atoms with Crippen molar-refractivity contribution in [3.05, 3.63) is 80.2 Å². The third-order valence-electron chi connectivity index (χ3n) is 5.20. The minimum absolute atomic E-state index is 0.0224. The Kier molecular flexibility index (Phi) is 6.16. The quantitative estimate of drug-likeness (QED) is 0.253. The van der Waals surface area contributed by atoms with Crippen LogP contribution in [-0.4, -0.2) is 30.3 Å². The van der Waals surface area contributed by atoms with E-state index in [1.807, 2.05) is 20.8 Å². The van der Waals surface area contributed by atoms with Gasteiger partial charge in [-0.15, -0.1) is 0 Å². The Morgan fingerprint density at radius 2 is 1.67 bits per heavy atom. The third-order valence-corrected chi connectivity index (χ3v) is 8.56. The van der Waals surface area contributed by atoms with Crippen molar-refractivity contribution in [2.24, 2.45) is 0 Å². The number of nitrogens with zero attached hydrogens (tertiary/aromatic N) is 1. The molecule has 0 radical (unpaired) electrons. The summed E-state index contributed by atoms with van der Waals surface area (Å²) < 4.78 is 30.4. The fourth-order valence-corrected chi connectivity index (χ4v) is 6.21. The number of quaternary nitrogens is 1. The van der Waals surface area contributed by atoms with Crippen LogP contribution in [0.5, 0.6) is 0 Å². The Morgan fingerprint density at radius 3 is 2.27 bits per heavy atom. The molecule has 33 heavy (non-hydrogen) atoms. The van der Waals surface area contributed by atoms with E-state index in [1.54, 1.807) is 22.3 Å². The molecule has 8 nitrogen and oxygen atoms in total. The van der Waals surface area contributed by atoms with Gasteiger partial charge in [0.05, 0.1) is 0 Å². The molecule has 3 N–H and O–H groups in total. The zero-order chi connectivity index (χ0) is 24.1. The Morgan fingerprint density at radius 1 is 1.03 bits per heavy atom. The van der Waals surface area contributed by atoms with E-state index in [1.165, 1.54) is 30.5 Å². The van der Waals surface area contributed by atoms with Gasteiger partial charge in [-0.05, 0) is 11.0 Å². The topological polar surface area (TPSA) is 108 Å². The number of sulfonamides is 1. The zero-order valence-electron chi connectivity index (χ0n) is 17.9. The molecule has 0 spiro atoms. The number of allylic oxidation sites excluding steroid dienone is 1. The number of anilines is 1. The van der Waals surface area contributed by atoms with E-state index < -0.39 is 43.3 Å². The predicted octanol–water partition coefficient (Wildman–Crippen LogP) is -0.319. The standard InChI is InChI=1S/C22H21ClIN3O5S/c1-22(2,3)13-4-6-15(7-5-13)33(31,32)25-17-9-8-16(23)18-19(17)21(29)27(20(18)28)14-10-11-24-26(30)12-14/h4-12,25-26,30H,1-3H3. The van der Waals surface area contributed by atoms with Crippen LogP contribution in [0.25, 0.3) is 0 Å². The third kappa shape index (κ3) is 4.45. The summed E-state index contributed by atoms with van der Waals surface area (Å²) >= 11 is 5.52. The number of carbonyl (C=O) groups is 2. The molecule has 0 saturated carbocycles. The van der Waals surface area contributed by atoms with Gasteiger partial charge in [0.2, 0.25) is 0 Å². The van der Waals surface area contributed by atoms with Crippen molar-refractivity contribution >= 4 is 39.1 Å². The molecule has 2 aromatic carbocycles. The van der Waals surface area contributed by atoms with Gasteiger partial charge in [0.1, 0.15) is 0 Å². The number of benzene rings is 2. The van der Waals surface area contributed by atoms with Crippen LogP contribution in [0.3, 0.4) is 0 Å². The van der Waals surface area contributed by atoms with E-state index in [0.717, 1.165) is 10.5 Å². The molecule has 0 aliphatic carbocycles. The van der Waals surface area contributed by atoms with Gasteiger partial charge in [0.25, 0.3) is 0 Å². The Bertz CT molecular complexity index is 1330. The maximum absolute atomic E-state index is 13.2. The van der Waals surface area contributed by atoms with E-state index in [-0.39, 0.29) is 41.1 Å². The van der Waals surface area contributed by atoms with Gasteiger partial charge in [-0.2, -0.15) is 0 Å². The molecule has 2 aliphatic heterocycles. The number of carbonyl (C=O) groups excluding carboxylic acids is 2. The van der Waals surface area contributed by atoms with Crippen molar-refractivity contribution in [1.82, 2.24) is 4.90 Å². The van der Waals surface area contributed by atoms with Crippen LogP contribution in [0.4, 0.5) is 5.69 Å². The molecule has 0 fully saturated rings. The monoisotopic (exact) mass is 601 g/mol. The SMILES string of the molecule is CC(C)(C)c1ccc(S(=O)(=O)Nc2ccc(Cl)c3c2C(=O)N(C2=C[NH+](O)[I-]C=C2)C3=O)cc1. The molecule has 174 valence electrons. The van der Waals surface area contributed by atoms with E-state index in [9.17, 15) is 23.2 Å². The van der Waals surface area contributed by atoms with Crippen molar-refractivity contribution < 1.29 is 48.0 Å². The van der Waals surface area contributed by atoms with Crippen LogP contribution >= 0.6 is 11.6 Å². The maximum atomic E-state index is 13.2. The second-order valence-corrected chi connectivity index (χ2v) is 13.0. The van der Waals surface area contributed by atoms with Crippen LogP contribution in [0.1, 0.15) is 47.1 Å². The fourth-order valence-electron chi connectivity index (χ4n) is 3.48. The van der Waals surface area contributed by atoms with E-state index in [4.69, 9.17) is 11.6 Å². The van der Waals surface area contributed by atoms with Gasteiger partial charge >= 0.3 is 176 Å². The fraction of sp³-hybridized carbons (Fsp3) is 0.182. The summed E-state index contributed by atoms with van der Waals surface area (Å²) in [7, 11) is -4.05. The van der Waals surface area contributed by atoms with Gasteiger partial charge in [-0.1, -0.05) is 20.8 Å². The zero-order valence-corrected chi connectivity index (χ0v) is 21.6. The molecule has 2 amide bonds. The average molecular weight is 602 g/mol. The first kappa shape index (κ1) is 23.9. The second kappa shape index (κ2) is 8.51. The number of halogens is 2. The molecule has 2 aromatic rings. The molecule has 0 aromatic heterocycles. The normalized spacial score (nSPS) is 18.6. The van der Waals surface area contributed by atoms with Gasteiger partial charge in [0, 0.05) is 0 Å². The molecule has 1 unspecified atom stereocenters. The summed E-state index contributed by atoms with van der Waals surface area (Å²) in [6.07, 6.45) is 2.95. The van der Waals surface area contributed by atoms with Gasteiger partial charge in [-0.25, -0.2) is 0 Å². The number of nitrogens with one attached hydrogen (secondary N) is 2. The first-order valence-corrected chi connectivity index (χ1v) is 14.0. The molecule has 2 aliphatic rings. The summed E-state index contributed by atoms with van der Waals surface area (Å²) in [5, 5.41) is 9.89. The molecule has 11 heteroatoms. The summed E-state index contributed by atoms with van der Waals surface area (Å²) in [6.45, 7) is 6.07. The van der Waals surface area contributed by atoms with E-state index in [0.29, 0.717) is 0 Å². The van der Waals surface area contributed by atoms with E-state index in [2.05, 4.69) is 4.72 Å².